The molecule has 2 aliphatic rings. The van der Waals surface area contributed by atoms with Crippen LogP contribution in [0.25, 0.3) is 0 Å². The average Bonchev–Trinajstić information content (AvgIpc) is 2.92. The summed E-state index contributed by atoms with van der Waals surface area (Å²) in [6, 6.07) is 5.88. The zero-order chi connectivity index (χ0) is 13.6. The maximum Gasteiger partial charge on any atom is 0.161 e. The van der Waals surface area contributed by atoms with Gasteiger partial charge in [0, 0.05) is 34.7 Å². The van der Waals surface area contributed by atoms with Crippen molar-refractivity contribution in [1.29, 1.82) is 0 Å². The highest BCUT2D eigenvalue weighted by Crippen LogP contribution is 2.41. The second kappa shape index (κ2) is 4.91. The number of carbonyl (C=O) groups is 1. The lowest BCUT2D eigenvalue weighted by molar-refractivity contribution is 0.101. The number of fused-ring (bicyclic) bond motifs is 1. The van der Waals surface area contributed by atoms with Gasteiger partial charge in [-0.2, -0.15) is 0 Å². The molecule has 102 valence electrons. The van der Waals surface area contributed by atoms with E-state index in [0.29, 0.717) is 11.8 Å². The molecule has 1 aromatic rings. The van der Waals surface area contributed by atoms with Crippen molar-refractivity contribution in [2.45, 2.75) is 25.9 Å². The van der Waals surface area contributed by atoms with Crippen molar-refractivity contribution >= 4 is 27.4 Å². The minimum atomic E-state index is -0.161. The highest BCUT2D eigenvalue weighted by Gasteiger charge is 2.42. The lowest BCUT2D eigenvalue weighted by Gasteiger charge is -2.23. The van der Waals surface area contributed by atoms with E-state index in [4.69, 9.17) is 0 Å². The van der Waals surface area contributed by atoms with Gasteiger partial charge in [-0.3, -0.25) is 4.79 Å². The first-order valence-electron chi connectivity index (χ1n) is 6.80. The van der Waals surface area contributed by atoms with Gasteiger partial charge in [0.05, 0.1) is 6.10 Å². The molecule has 1 saturated heterocycles. The third-order valence-electron chi connectivity index (χ3n) is 4.50. The summed E-state index contributed by atoms with van der Waals surface area (Å²) in [4.78, 5) is 14.1. The largest absolute Gasteiger partial charge is 0.393 e. The molecule has 3 atom stereocenters. The third kappa shape index (κ3) is 2.32. The van der Waals surface area contributed by atoms with Crippen molar-refractivity contribution in [1.82, 2.24) is 0 Å². The second-order valence-corrected chi connectivity index (χ2v) is 6.61. The van der Waals surface area contributed by atoms with Crippen LogP contribution < -0.4 is 4.90 Å². The zero-order valence-corrected chi connectivity index (χ0v) is 12.6. The Labute approximate surface area is 121 Å². The first-order valence-corrected chi connectivity index (χ1v) is 7.59. The molecule has 2 fully saturated rings. The molecule has 1 aromatic carbocycles. The monoisotopic (exact) mass is 323 g/mol. The van der Waals surface area contributed by atoms with Crippen LogP contribution in [-0.4, -0.2) is 30.1 Å². The number of anilines is 1. The van der Waals surface area contributed by atoms with E-state index >= 15 is 0 Å². The van der Waals surface area contributed by atoms with Crippen LogP contribution in [0.15, 0.2) is 22.7 Å². The molecule has 3 unspecified atom stereocenters. The topological polar surface area (TPSA) is 40.5 Å². The van der Waals surface area contributed by atoms with E-state index in [1.54, 1.807) is 6.92 Å². The van der Waals surface area contributed by atoms with Crippen LogP contribution in [0.3, 0.4) is 0 Å². The standard InChI is InChI=1S/C15H18BrNO2/c1-9(18)12-6-11(16)3-4-14(12)17-7-10-2-5-15(19)13(10)8-17/h3-4,6,10,13,15,19H,2,5,7-8H2,1H3. The highest BCUT2D eigenvalue weighted by molar-refractivity contribution is 9.10. The van der Waals surface area contributed by atoms with E-state index in [1.165, 1.54) is 0 Å². The van der Waals surface area contributed by atoms with Gasteiger partial charge < -0.3 is 10.0 Å². The fourth-order valence-electron chi connectivity index (χ4n) is 3.50. The molecular weight excluding hydrogens is 306 g/mol. The number of aliphatic hydroxyl groups excluding tert-OH is 1. The normalized spacial score (nSPS) is 29.6. The van der Waals surface area contributed by atoms with Crippen molar-refractivity contribution in [3.63, 3.8) is 0 Å². The van der Waals surface area contributed by atoms with Gasteiger partial charge in [0.25, 0.3) is 0 Å². The van der Waals surface area contributed by atoms with Gasteiger partial charge >= 0.3 is 0 Å². The highest BCUT2D eigenvalue weighted by atomic mass is 79.9. The smallest absolute Gasteiger partial charge is 0.161 e. The van der Waals surface area contributed by atoms with Gasteiger partial charge in [0.15, 0.2) is 5.78 Å². The number of carbonyl (C=O) groups excluding carboxylic acids is 1. The van der Waals surface area contributed by atoms with Crippen LogP contribution in [0, 0.1) is 11.8 Å². The summed E-state index contributed by atoms with van der Waals surface area (Å²) in [7, 11) is 0. The Bertz CT molecular complexity index is 517. The van der Waals surface area contributed by atoms with Crippen molar-refractivity contribution in [2.24, 2.45) is 11.8 Å². The number of Topliss-reactive ketones (excluding diaryl/α,β-unsaturated/α-hetero) is 1. The number of nitrogens with zero attached hydrogens (tertiary/aromatic N) is 1. The Morgan fingerprint density at radius 1 is 1.37 bits per heavy atom. The van der Waals surface area contributed by atoms with Gasteiger partial charge in [0.1, 0.15) is 0 Å². The van der Waals surface area contributed by atoms with Crippen LogP contribution in [-0.2, 0) is 0 Å². The average molecular weight is 324 g/mol. The van der Waals surface area contributed by atoms with Gasteiger partial charge in [-0.25, -0.2) is 0 Å². The van der Waals surface area contributed by atoms with Crippen LogP contribution in [0.5, 0.6) is 0 Å². The fraction of sp³-hybridized carbons (Fsp3) is 0.533. The predicted molar refractivity (Wildman–Crippen MR) is 78.6 cm³/mol. The zero-order valence-electron chi connectivity index (χ0n) is 11.0. The molecule has 4 heteroatoms. The van der Waals surface area contributed by atoms with E-state index in [-0.39, 0.29) is 11.9 Å². The predicted octanol–water partition coefficient (Wildman–Crippen LogP) is 2.86. The SMILES string of the molecule is CC(=O)c1cc(Br)ccc1N1CC2CCC(O)C2C1. The molecule has 0 spiro atoms. The first kappa shape index (κ1) is 13.1. The van der Waals surface area contributed by atoms with Crippen LogP contribution in [0.2, 0.25) is 0 Å². The molecule has 0 radical (unpaired) electrons. The summed E-state index contributed by atoms with van der Waals surface area (Å²) >= 11 is 3.42. The minimum absolute atomic E-state index is 0.0916. The van der Waals surface area contributed by atoms with E-state index < -0.39 is 0 Å². The number of ketones is 1. The Hall–Kier alpha value is -0.870. The minimum Gasteiger partial charge on any atom is -0.393 e. The van der Waals surface area contributed by atoms with Gasteiger partial charge in [0.2, 0.25) is 0 Å². The number of halogens is 1. The Balaban J connectivity index is 1.90. The maximum absolute atomic E-state index is 11.8. The molecule has 1 N–H and O–H groups in total. The van der Waals surface area contributed by atoms with Crippen molar-refractivity contribution < 1.29 is 9.90 Å². The lowest BCUT2D eigenvalue weighted by Crippen LogP contribution is -2.25. The molecule has 1 saturated carbocycles. The summed E-state index contributed by atoms with van der Waals surface area (Å²) in [5.74, 6) is 1.05. The maximum atomic E-state index is 11.8. The number of hydrogen-bond acceptors (Lipinski definition) is 3. The molecular formula is C15H18BrNO2. The molecule has 0 amide bonds. The number of hydrogen-bond donors (Lipinski definition) is 1. The molecule has 3 rings (SSSR count). The lowest BCUT2D eigenvalue weighted by atomic mass is 10.00. The van der Waals surface area contributed by atoms with E-state index in [9.17, 15) is 9.90 Å². The molecule has 0 aromatic heterocycles. The number of aliphatic hydroxyl groups is 1. The second-order valence-electron chi connectivity index (χ2n) is 5.69. The summed E-state index contributed by atoms with van der Waals surface area (Å²) in [5.41, 5.74) is 1.78. The molecule has 1 aliphatic carbocycles. The Morgan fingerprint density at radius 2 is 2.16 bits per heavy atom. The number of benzene rings is 1. The summed E-state index contributed by atoms with van der Waals surface area (Å²) in [6.45, 7) is 3.44. The van der Waals surface area contributed by atoms with Gasteiger partial charge in [-0.05, 0) is 43.9 Å². The van der Waals surface area contributed by atoms with Crippen molar-refractivity contribution in [3.8, 4) is 0 Å². The summed E-state index contributed by atoms with van der Waals surface area (Å²) in [5, 5.41) is 9.99. The molecule has 19 heavy (non-hydrogen) atoms. The summed E-state index contributed by atoms with van der Waals surface area (Å²) in [6.07, 6.45) is 1.88. The summed E-state index contributed by atoms with van der Waals surface area (Å²) < 4.78 is 0.931. The molecule has 3 nitrogen and oxygen atoms in total. The van der Waals surface area contributed by atoms with E-state index in [1.807, 2.05) is 18.2 Å². The van der Waals surface area contributed by atoms with Crippen molar-refractivity contribution in [3.05, 3.63) is 28.2 Å². The molecule has 1 aliphatic heterocycles. The van der Waals surface area contributed by atoms with E-state index in [2.05, 4.69) is 20.8 Å². The Kier molecular flexibility index (Phi) is 3.39. The molecule has 0 bridgehead atoms. The third-order valence-corrected chi connectivity index (χ3v) is 4.99. The first-order chi connectivity index (χ1) is 9.06. The van der Waals surface area contributed by atoms with Gasteiger partial charge in [-0.1, -0.05) is 15.9 Å². The van der Waals surface area contributed by atoms with E-state index in [0.717, 1.165) is 41.7 Å². The van der Waals surface area contributed by atoms with Crippen LogP contribution in [0.1, 0.15) is 30.1 Å². The number of rotatable bonds is 2. The Morgan fingerprint density at radius 3 is 2.84 bits per heavy atom. The van der Waals surface area contributed by atoms with Gasteiger partial charge in [-0.15, -0.1) is 0 Å². The fourth-order valence-corrected chi connectivity index (χ4v) is 3.86. The van der Waals surface area contributed by atoms with Crippen molar-refractivity contribution in [2.75, 3.05) is 18.0 Å². The quantitative estimate of drug-likeness (QED) is 0.851. The van der Waals surface area contributed by atoms with Crippen LogP contribution >= 0.6 is 15.9 Å². The van der Waals surface area contributed by atoms with Crippen LogP contribution in [0.4, 0.5) is 5.69 Å². The molecule has 1 heterocycles.